The Bertz CT molecular complexity index is 447. The van der Waals surface area contributed by atoms with E-state index in [0.29, 0.717) is 18.3 Å². The number of nitrogens with one attached hydrogen (secondary N) is 1. The Labute approximate surface area is 111 Å². The fraction of sp³-hybridized carbons (Fsp3) is 0.583. The average Bonchev–Trinajstić information content (AvgIpc) is 2.45. The number of nitrogens with zero attached hydrogens (tertiary/aromatic N) is 2. The fourth-order valence-corrected chi connectivity index (χ4v) is 1.92. The zero-order chi connectivity index (χ0) is 13.7. The maximum absolute atomic E-state index is 10.8. The maximum atomic E-state index is 10.8. The van der Waals surface area contributed by atoms with E-state index in [-0.39, 0.29) is 11.6 Å². The summed E-state index contributed by atoms with van der Waals surface area (Å²) in [5.74, 6) is 1.13. The Balaban J connectivity index is 2.02. The standard InChI is InChI=1S/C12H17N3O4/c1-13-11-6-10(15(16)17)7-12(14-11)19-8-9-2-4-18-5-3-9/h6-7,9H,2-5,8H2,1H3,(H,13,14). The van der Waals surface area contributed by atoms with Crippen LogP contribution in [0.2, 0.25) is 0 Å². The van der Waals surface area contributed by atoms with Crippen LogP contribution >= 0.6 is 0 Å². The summed E-state index contributed by atoms with van der Waals surface area (Å²) in [5, 5.41) is 13.6. The molecule has 1 aromatic rings. The van der Waals surface area contributed by atoms with Gasteiger partial charge in [-0.3, -0.25) is 10.1 Å². The molecule has 7 nitrogen and oxygen atoms in total. The van der Waals surface area contributed by atoms with Gasteiger partial charge in [0.25, 0.3) is 5.69 Å². The molecule has 1 aromatic heterocycles. The summed E-state index contributed by atoms with van der Waals surface area (Å²) in [6, 6.07) is 2.72. The zero-order valence-electron chi connectivity index (χ0n) is 10.8. The molecular weight excluding hydrogens is 250 g/mol. The Hall–Kier alpha value is -1.89. The second-order valence-corrected chi connectivity index (χ2v) is 4.42. The highest BCUT2D eigenvalue weighted by molar-refractivity contribution is 5.47. The molecule has 0 aliphatic carbocycles. The molecule has 1 N–H and O–H groups in total. The Morgan fingerprint density at radius 2 is 2.26 bits per heavy atom. The van der Waals surface area contributed by atoms with Gasteiger partial charge in [-0.2, -0.15) is 4.98 Å². The summed E-state index contributed by atoms with van der Waals surface area (Å²) in [4.78, 5) is 14.5. The predicted molar refractivity (Wildman–Crippen MR) is 69.5 cm³/mol. The molecule has 19 heavy (non-hydrogen) atoms. The number of aromatic nitrogens is 1. The maximum Gasteiger partial charge on any atom is 0.278 e. The topological polar surface area (TPSA) is 86.5 Å². The summed E-state index contributed by atoms with van der Waals surface area (Å²) < 4.78 is 10.8. The Kier molecular flexibility index (Phi) is 4.51. The lowest BCUT2D eigenvalue weighted by Gasteiger charge is -2.21. The third kappa shape index (κ3) is 3.78. The van der Waals surface area contributed by atoms with Gasteiger partial charge in [0.2, 0.25) is 5.88 Å². The molecule has 2 heterocycles. The Morgan fingerprint density at radius 3 is 2.89 bits per heavy atom. The van der Waals surface area contributed by atoms with Crippen molar-refractivity contribution in [2.75, 3.05) is 32.2 Å². The van der Waals surface area contributed by atoms with Gasteiger partial charge >= 0.3 is 0 Å². The first-order valence-corrected chi connectivity index (χ1v) is 6.24. The van der Waals surface area contributed by atoms with Crippen molar-refractivity contribution < 1.29 is 14.4 Å². The highest BCUT2D eigenvalue weighted by Crippen LogP contribution is 2.23. The SMILES string of the molecule is CNc1cc([N+](=O)[O-])cc(OCC2CCOCC2)n1. The molecule has 1 saturated heterocycles. The van der Waals surface area contributed by atoms with Crippen molar-refractivity contribution in [1.82, 2.24) is 4.98 Å². The van der Waals surface area contributed by atoms with E-state index in [9.17, 15) is 10.1 Å². The number of pyridine rings is 1. The molecule has 104 valence electrons. The van der Waals surface area contributed by atoms with Crippen molar-refractivity contribution in [3.63, 3.8) is 0 Å². The van der Waals surface area contributed by atoms with E-state index in [1.54, 1.807) is 7.05 Å². The Morgan fingerprint density at radius 1 is 1.53 bits per heavy atom. The van der Waals surface area contributed by atoms with Gasteiger partial charge in [-0.25, -0.2) is 0 Å². The number of hydrogen-bond acceptors (Lipinski definition) is 6. The summed E-state index contributed by atoms with van der Waals surface area (Å²) >= 11 is 0. The van der Waals surface area contributed by atoms with Gasteiger partial charge in [0, 0.05) is 20.3 Å². The number of nitro groups is 1. The van der Waals surface area contributed by atoms with Crippen LogP contribution in [0, 0.1) is 16.0 Å². The van der Waals surface area contributed by atoms with E-state index >= 15 is 0 Å². The molecule has 0 saturated carbocycles. The van der Waals surface area contributed by atoms with Gasteiger partial charge in [-0.1, -0.05) is 0 Å². The lowest BCUT2D eigenvalue weighted by atomic mass is 10.0. The molecule has 0 radical (unpaired) electrons. The minimum atomic E-state index is -0.455. The van der Waals surface area contributed by atoms with Crippen LogP contribution in [0.1, 0.15) is 12.8 Å². The molecule has 2 rings (SSSR count). The summed E-state index contributed by atoms with van der Waals surface area (Å²) in [5.41, 5.74) is -0.0265. The predicted octanol–water partition coefficient (Wildman–Crippen LogP) is 1.84. The fourth-order valence-electron chi connectivity index (χ4n) is 1.92. The lowest BCUT2D eigenvalue weighted by molar-refractivity contribution is -0.384. The second kappa shape index (κ2) is 6.33. The molecule has 0 amide bonds. The molecule has 0 spiro atoms. The van der Waals surface area contributed by atoms with Crippen molar-refractivity contribution >= 4 is 11.5 Å². The minimum Gasteiger partial charge on any atom is -0.477 e. The van der Waals surface area contributed by atoms with Crippen LogP contribution in [0.15, 0.2) is 12.1 Å². The molecule has 0 bridgehead atoms. The van der Waals surface area contributed by atoms with Crippen molar-refractivity contribution in [3.8, 4) is 5.88 Å². The molecule has 0 unspecified atom stereocenters. The minimum absolute atomic E-state index is 0.0265. The largest absolute Gasteiger partial charge is 0.477 e. The summed E-state index contributed by atoms with van der Waals surface area (Å²) in [6.45, 7) is 2.01. The van der Waals surface area contributed by atoms with Gasteiger partial charge in [0.15, 0.2) is 0 Å². The first-order chi connectivity index (χ1) is 9.19. The second-order valence-electron chi connectivity index (χ2n) is 4.42. The van der Waals surface area contributed by atoms with Gasteiger partial charge < -0.3 is 14.8 Å². The van der Waals surface area contributed by atoms with E-state index in [2.05, 4.69) is 10.3 Å². The molecule has 1 aliphatic rings. The number of rotatable bonds is 5. The monoisotopic (exact) mass is 267 g/mol. The van der Waals surface area contributed by atoms with Gasteiger partial charge in [-0.15, -0.1) is 0 Å². The number of anilines is 1. The van der Waals surface area contributed by atoms with Crippen molar-refractivity contribution in [1.29, 1.82) is 0 Å². The van der Waals surface area contributed by atoms with E-state index < -0.39 is 4.92 Å². The molecule has 1 fully saturated rings. The lowest BCUT2D eigenvalue weighted by Crippen LogP contribution is -2.21. The highest BCUT2D eigenvalue weighted by Gasteiger charge is 2.16. The van der Waals surface area contributed by atoms with E-state index in [1.165, 1.54) is 12.1 Å². The van der Waals surface area contributed by atoms with Gasteiger partial charge in [0.05, 0.1) is 23.7 Å². The molecule has 0 aromatic carbocycles. The van der Waals surface area contributed by atoms with Crippen LogP contribution in [-0.4, -0.2) is 36.8 Å². The van der Waals surface area contributed by atoms with Crippen LogP contribution in [0.5, 0.6) is 5.88 Å². The van der Waals surface area contributed by atoms with Crippen molar-refractivity contribution in [3.05, 3.63) is 22.2 Å². The van der Waals surface area contributed by atoms with Crippen molar-refractivity contribution in [2.45, 2.75) is 12.8 Å². The first kappa shape index (κ1) is 13.5. The normalized spacial score (nSPS) is 16.1. The van der Waals surface area contributed by atoms with Crippen LogP contribution in [-0.2, 0) is 4.74 Å². The zero-order valence-corrected chi connectivity index (χ0v) is 10.8. The van der Waals surface area contributed by atoms with E-state index in [0.717, 1.165) is 26.1 Å². The average molecular weight is 267 g/mol. The van der Waals surface area contributed by atoms with Crippen LogP contribution < -0.4 is 10.1 Å². The quantitative estimate of drug-likeness (QED) is 0.647. The third-order valence-electron chi connectivity index (χ3n) is 3.06. The number of hydrogen-bond donors (Lipinski definition) is 1. The molecule has 7 heteroatoms. The van der Waals surface area contributed by atoms with Crippen LogP contribution in [0.4, 0.5) is 11.5 Å². The number of ether oxygens (including phenoxy) is 2. The smallest absolute Gasteiger partial charge is 0.278 e. The summed E-state index contributed by atoms with van der Waals surface area (Å²) in [6.07, 6.45) is 1.90. The van der Waals surface area contributed by atoms with Crippen LogP contribution in [0.25, 0.3) is 0 Å². The molecular formula is C12H17N3O4. The van der Waals surface area contributed by atoms with Gasteiger partial charge in [0.1, 0.15) is 5.82 Å². The molecule has 1 aliphatic heterocycles. The summed E-state index contributed by atoms with van der Waals surface area (Å²) in [7, 11) is 1.66. The highest BCUT2D eigenvalue weighted by atomic mass is 16.6. The van der Waals surface area contributed by atoms with E-state index in [4.69, 9.17) is 9.47 Å². The van der Waals surface area contributed by atoms with Gasteiger partial charge in [-0.05, 0) is 18.8 Å². The molecule has 0 atom stereocenters. The van der Waals surface area contributed by atoms with E-state index in [1.807, 2.05) is 0 Å². The van der Waals surface area contributed by atoms with Crippen LogP contribution in [0.3, 0.4) is 0 Å². The third-order valence-corrected chi connectivity index (χ3v) is 3.06. The van der Waals surface area contributed by atoms with Crippen molar-refractivity contribution in [2.24, 2.45) is 5.92 Å². The first-order valence-electron chi connectivity index (χ1n) is 6.24.